The smallest absolute Gasteiger partial charge is 0.241 e. The molecule has 3 rings (SSSR count). The first-order valence-electron chi connectivity index (χ1n) is 10.4. The minimum atomic E-state index is -0.988. The molecule has 2 saturated heterocycles. The second-order valence-electron chi connectivity index (χ2n) is 7.90. The SMILES string of the molecule is C[C@@H](C(=O)Nc1ccc(F)c(F)c1)N1CCN(CC(=O)N2CCCCCC2)CC1. The van der Waals surface area contributed by atoms with E-state index in [9.17, 15) is 18.4 Å². The van der Waals surface area contributed by atoms with Crippen LogP contribution in [0.1, 0.15) is 32.6 Å². The highest BCUT2D eigenvalue weighted by Crippen LogP contribution is 2.15. The van der Waals surface area contributed by atoms with Crippen LogP contribution in [0.5, 0.6) is 0 Å². The molecule has 2 fully saturated rings. The number of carbonyl (C=O) groups is 2. The Balaban J connectivity index is 1.44. The van der Waals surface area contributed by atoms with E-state index in [4.69, 9.17) is 0 Å². The number of likely N-dealkylation sites (tertiary alicyclic amines) is 1. The molecule has 1 N–H and O–H groups in total. The molecule has 0 radical (unpaired) electrons. The molecule has 8 heteroatoms. The number of benzene rings is 1. The van der Waals surface area contributed by atoms with Crippen molar-refractivity contribution in [1.29, 1.82) is 0 Å². The molecule has 0 aromatic heterocycles. The van der Waals surface area contributed by atoms with Crippen molar-refractivity contribution in [3.05, 3.63) is 29.8 Å². The highest BCUT2D eigenvalue weighted by Gasteiger charge is 2.27. The van der Waals surface area contributed by atoms with Crippen LogP contribution in [0, 0.1) is 11.6 Å². The fraction of sp³-hybridized carbons (Fsp3) is 0.619. The van der Waals surface area contributed by atoms with Crippen LogP contribution >= 0.6 is 0 Å². The third-order valence-corrected chi connectivity index (χ3v) is 5.84. The van der Waals surface area contributed by atoms with Crippen LogP contribution in [-0.4, -0.2) is 78.4 Å². The van der Waals surface area contributed by atoms with Gasteiger partial charge in [-0.1, -0.05) is 12.8 Å². The van der Waals surface area contributed by atoms with E-state index in [1.54, 1.807) is 6.92 Å². The molecule has 1 aromatic rings. The van der Waals surface area contributed by atoms with Gasteiger partial charge in [0, 0.05) is 51.0 Å². The van der Waals surface area contributed by atoms with Gasteiger partial charge in [0.1, 0.15) is 0 Å². The monoisotopic (exact) mass is 408 g/mol. The predicted molar refractivity (Wildman–Crippen MR) is 108 cm³/mol. The van der Waals surface area contributed by atoms with Gasteiger partial charge in [0.2, 0.25) is 11.8 Å². The first-order valence-corrected chi connectivity index (χ1v) is 10.4. The molecule has 29 heavy (non-hydrogen) atoms. The summed E-state index contributed by atoms with van der Waals surface area (Å²) in [5.74, 6) is -1.99. The van der Waals surface area contributed by atoms with Gasteiger partial charge in [0.15, 0.2) is 11.6 Å². The fourth-order valence-electron chi connectivity index (χ4n) is 3.91. The first kappa shape index (κ1) is 21.6. The van der Waals surface area contributed by atoms with E-state index < -0.39 is 17.7 Å². The summed E-state index contributed by atoms with van der Waals surface area (Å²) in [4.78, 5) is 31.2. The zero-order valence-electron chi connectivity index (χ0n) is 17.0. The second-order valence-corrected chi connectivity index (χ2v) is 7.90. The predicted octanol–water partition coefficient (Wildman–Crippen LogP) is 2.31. The summed E-state index contributed by atoms with van der Waals surface area (Å²) in [5.41, 5.74) is 0.238. The zero-order valence-corrected chi connectivity index (χ0v) is 17.0. The average molecular weight is 408 g/mol. The van der Waals surface area contributed by atoms with Gasteiger partial charge in [0.05, 0.1) is 12.6 Å². The Morgan fingerprint density at radius 1 is 0.966 bits per heavy atom. The minimum Gasteiger partial charge on any atom is -0.342 e. The van der Waals surface area contributed by atoms with E-state index in [0.717, 1.165) is 51.2 Å². The molecule has 0 aliphatic carbocycles. The number of amides is 2. The van der Waals surface area contributed by atoms with Crippen molar-refractivity contribution in [1.82, 2.24) is 14.7 Å². The molecular weight excluding hydrogens is 378 g/mol. The summed E-state index contributed by atoms with van der Waals surface area (Å²) >= 11 is 0. The molecule has 2 aliphatic rings. The molecule has 0 bridgehead atoms. The van der Waals surface area contributed by atoms with Crippen molar-refractivity contribution in [2.24, 2.45) is 0 Å². The lowest BCUT2D eigenvalue weighted by atomic mass is 10.2. The van der Waals surface area contributed by atoms with Crippen LogP contribution in [0.3, 0.4) is 0 Å². The van der Waals surface area contributed by atoms with Crippen LogP contribution in [0.15, 0.2) is 18.2 Å². The van der Waals surface area contributed by atoms with Crippen molar-refractivity contribution in [2.45, 2.75) is 38.6 Å². The first-order chi connectivity index (χ1) is 13.9. The fourth-order valence-corrected chi connectivity index (χ4v) is 3.91. The Morgan fingerprint density at radius 3 is 2.24 bits per heavy atom. The molecule has 2 aliphatic heterocycles. The molecule has 0 spiro atoms. The molecular formula is C21H30F2N4O2. The van der Waals surface area contributed by atoms with Crippen LogP contribution in [0.25, 0.3) is 0 Å². The van der Waals surface area contributed by atoms with Crippen molar-refractivity contribution >= 4 is 17.5 Å². The number of carbonyl (C=O) groups excluding carboxylic acids is 2. The summed E-state index contributed by atoms with van der Waals surface area (Å²) in [5, 5.41) is 2.64. The summed E-state index contributed by atoms with van der Waals surface area (Å²) in [6.45, 7) is 6.76. The average Bonchev–Trinajstić information content (AvgIpc) is 3.00. The van der Waals surface area contributed by atoms with Crippen LogP contribution in [0.4, 0.5) is 14.5 Å². The van der Waals surface area contributed by atoms with Crippen molar-refractivity contribution < 1.29 is 18.4 Å². The van der Waals surface area contributed by atoms with Gasteiger partial charge < -0.3 is 10.2 Å². The third-order valence-electron chi connectivity index (χ3n) is 5.84. The van der Waals surface area contributed by atoms with Gasteiger partial charge in [-0.15, -0.1) is 0 Å². The zero-order chi connectivity index (χ0) is 20.8. The van der Waals surface area contributed by atoms with E-state index in [-0.39, 0.29) is 17.5 Å². The van der Waals surface area contributed by atoms with E-state index in [1.165, 1.54) is 18.9 Å². The van der Waals surface area contributed by atoms with Crippen LogP contribution in [0.2, 0.25) is 0 Å². The lowest BCUT2D eigenvalue weighted by molar-refractivity contribution is -0.133. The van der Waals surface area contributed by atoms with Gasteiger partial charge >= 0.3 is 0 Å². The van der Waals surface area contributed by atoms with Gasteiger partial charge in [0.25, 0.3) is 0 Å². The molecule has 2 amide bonds. The Labute approximate surface area is 170 Å². The summed E-state index contributed by atoms with van der Waals surface area (Å²) in [6.07, 6.45) is 4.58. The molecule has 2 heterocycles. The number of nitrogens with zero attached hydrogens (tertiary/aromatic N) is 3. The lowest BCUT2D eigenvalue weighted by Crippen LogP contribution is -2.54. The standard InChI is InChI=1S/C21H30F2N4O2/c1-16(21(29)24-17-6-7-18(22)19(23)14-17)26-12-10-25(11-13-26)15-20(28)27-8-4-2-3-5-9-27/h6-7,14,16H,2-5,8-13,15H2,1H3,(H,24,29)/t16-/m0/s1. The number of rotatable bonds is 5. The van der Waals surface area contributed by atoms with E-state index >= 15 is 0 Å². The maximum atomic E-state index is 13.3. The van der Waals surface area contributed by atoms with Crippen molar-refractivity contribution in [3.8, 4) is 0 Å². The number of anilines is 1. The minimum absolute atomic E-state index is 0.199. The quantitative estimate of drug-likeness (QED) is 0.813. The van der Waals surface area contributed by atoms with Crippen LogP contribution in [-0.2, 0) is 9.59 Å². The Kier molecular flexibility index (Phi) is 7.55. The normalized spacial score (nSPS) is 20.2. The molecule has 1 atom stereocenters. The maximum Gasteiger partial charge on any atom is 0.241 e. The van der Waals surface area contributed by atoms with Crippen LogP contribution < -0.4 is 5.32 Å². The summed E-state index contributed by atoms with van der Waals surface area (Å²) in [7, 11) is 0. The van der Waals surface area contributed by atoms with E-state index in [1.807, 2.05) is 9.80 Å². The number of halogens is 2. The maximum absolute atomic E-state index is 13.3. The van der Waals surface area contributed by atoms with Gasteiger partial charge in [-0.3, -0.25) is 19.4 Å². The largest absolute Gasteiger partial charge is 0.342 e. The Morgan fingerprint density at radius 2 is 1.62 bits per heavy atom. The van der Waals surface area contributed by atoms with Gasteiger partial charge in [-0.2, -0.15) is 0 Å². The molecule has 1 aromatic carbocycles. The topological polar surface area (TPSA) is 55.9 Å². The number of hydrogen-bond donors (Lipinski definition) is 1. The van der Waals surface area contributed by atoms with E-state index in [0.29, 0.717) is 19.6 Å². The third kappa shape index (κ3) is 5.96. The van der Waals surface area contributed by atoms with Gasteiger partial charge in [-0.25, -0.2) is 8.78 Å². The summed E-state index contributed by atoms with van der Waals surface area (Å²) in [6, 6.07) is 2.92. The van der Waals surface area contributed by atoms with Crippen molar-refractivity contribution in [3.63, 3.8) is 0 Å². The molecule has 0 saturated carbocycles. The van der Waals surface area contributed by atoms with Crippen molar-refractivity contribution in [2.75, 3.05) is 51.1 Å². The summed E-state index contributed by atoms with van der Waals surface area (Å²) < 4.78 is 26.3. The number of piperazine rings is 1. The Bertz CT molecular complexity index is 715. The lowest BCUT2D eigenvalue weighted by Gasteiger charge is -2.37. The van der Waals surface area contributed by atoms with E-state index in [2.05, 4.69) is 10.2 Å². The highest BCUT2D eigenvalue weighted by atomic mass is 19.2. The number of hydrogen-bond acceptors (Lipinski definition) is 4. The van der Waals surface area contributed by atoms with Gasteiger partial charge in [-0.05, 0) is 31.9 Å². The second kappa shape index (κ2) is 10.1. The molecule has 160 valence electrons. The Hall–Kier alpha value is -2.06. The molecule has 6 nitrogen and oxygen atoms in total. The number of nitrogens with one attached hydrogen (secondary N) is 1. The highest BCUT2D eigenvalue weighted by molar-refractivity contribution is 5.94. The molecule has 0 unspecified atom stereocenters.